The third kappa shape index (κ3) is 4.90. The van der Waals surface area contributed by atoms with E-state index in [0.717, 1.165) is 63.7 Å². The smallest absolute Gasteiger partial charge is 0.271 e. The van der Waals surface area contributed by atoms with Crippen molar-refractivity contribution in [3.63, 3.8) is 0 Å². The number of hydrogen-bond donors (Lipinski definition) is 0. The number of morpholine rings is 1. The minimum Gasteiger partial charge on any atom is -0.374 e. The zero-order valence-corrected chi connectivity index (χ0v) is 17.1. The average Bonchev–Trinajstić information content (AvgIpc) is 2.62. The summed E-state index contributed by atoms with van der Waals surface area (Å²) in [4.78, 5) is 17.8. The first-order chi connectivity index (χ1) is 12.8. The molecule has 0 aromatic heterocycles. The summed E-state index contributed by atoms with van der Waals surface area (Å²) in [7, 11) is 0. The lowest BCUT2D eigenvalue weighted by atomic mass is 10.1. The number of benzene rings is 1. The number of anilines is 1. The van der Waals surface area contributed by atoms with E-state index >= 15 is 0 Å². The van der Waals surface area contributed by atoms with Gasteiger partial charge in [-0.3, -0.25) is 19.9 Å². The van der Waals surface area contributed by atoms with Gasteiger partial charge in [0.05, 0.1) is 28.3 Å². The predicted octanol–water partition coefficient (Wildman–Crippen LogP) is 2.79. The second-order valence-electron chi connectivity index (χ2n) is 7.72. The Morgan fingerprint density at radius 1 is 1.26 bits per heavy atom. The molecule has 0 aliphatic carbocycles. The molecule has 2 saturated heterocycles. The maximum absolute atomic E-state index is 11.0. The highest BCUT2D eigenvalue weighted by Gasteiger charge is 2.27. The van der Waals surface area contributed by atoms with Crippen molar-refractivity contribution in [3.8, 4) is 0 Å². The molecule has 0 saturated carbocycles. The molecule has 7 nitrogen and oxygen atoms in total. The number of ether oxygens (including phenoxy) is 1. The Balaban J connectivity index is 1.57. The van der Waals surface area contributed by atoms with Crippen molar-refractivity contribution >= 4 is 23.0 Å². The van der Waals surface area contributed by atoms with Gasteiger partial charge in [0.25, 0.3) is 5.69 Å². The van der Waals surface area contributed by atoms with Crippen LogP contribution in [0.4, 0.5) is 11.4 Å². The van der Waals surface area contributed by atoms with Crippen LogP contribution in [0.25, 0.3) is 0 Å². The lowest BCUT2D eigenvalue weighted by Crippen LogP contribution is -2.53. The molecular formula is C19H29ClN4O3. The van der Waals surface area contributed by atoms with Crippen molar-refractivity contribution in [1.29, 1.82) is 0 Å². The van der Waals surface area contributed by atoms with E-state index in [-0.39, 0.29) is 11.8 Å². The number of halogens is 1. The zero-order chi connectivity index (χ0) is 19.6. The lowest BCUT2D eigenvalue weighted by molar-refractivity contribution is -0.384. The molecule has 0 radical (unpaired) electrons. The van der Waals surface area contributed by atoms with Gasteiger partial charge in [0, 0.05) is 64.0 Å². The van der Waals surface area contributed by atoms with E-state index in [4.69, 9.17) is 16.3 Å². The highest BCUT2D eigenvalue weighted by atomic mass is 35.5. The molecule has 2 fully saturated rings. The van der Waals surface area contributed by atoms with Crippen molar-refractivity contribution < 1.29 is 9.66 Å². The molecule has 1 aromatic carbocycles. The van der Waals surface area contributed by atoms with Crippen LogP contribution in [0.5, 0.6) is 0 Å². The van der Waals surface area contributed by atoms with Gasteiger partial charge in [-0.05, 0) is 26.3 Å². The number of hydrogen-bond acceptors (Lipinski definition) is 6. The summed E-state index contributed by atoms with van der Waals surface area (Å²) in [5, 5.41) is 11.5. The van der Waals surface area contributed by atoms with Gasteiger partial charge in [-0.1, -0.05) is 11.6 Å². The minimum absolute atomic E-state index is 0.0454. The molecule has 3 rings (SSSR count). The van der Waals surface area contributed by atoms with Crippen molar-refractivity contribution in [2.45, 2.75) is 32.9 Å². The van der Waals surface area contributed by atoms with Gasteiger partial charge in [-0.2, -0.15) is 0 Å². The third-order valence-corrected chi connectivity index (χ3v) is 5.79. The molecule has 1 atom stereocenters. The predicted molar refractivity (Wildman–Crippen MR) is 108 cm³/mol. The molecule has 8 heteroatoms. The Kier molecular flexibility index (Phi) is 6.57. The topological polar surface area (TPSA) is 62.1 Å². The molecule has 0 bridgehead atoms. The fourth-order valence-corrected chi connectivity index (χ4v) is 4.37. The molecule has 0 amide bonds. The van der Waals surface area contributed by atoms with E-state index in [0.29, 0.717) is 11.1 Å². The zero-order valence-electron chi connectivity index (χ0n) is 16.4. The molecule has 150 valence electrons. The number of nitrogens with zero attached hydrogens (tertiary/aromatic N) is 4. The first-order valence-electron chi connectivity index (χ1n) is 9.62. The van der Waals surface area contributed by atoms with Gasteiger partial charge in [-0.15, -0.1) is 0 Å². The summed E-state index contributed by atoms with van der Waals surface area (Å²) >= 11 is 6.36. The number of aryl methyl sites for hydroxylation is 1. The fraction of sp³-hybridized carbons (Fsp3) is 0.684. The number of piperazine rings is 1. The molecular weight excluding hydrogens is 368 g/mol. The highest BCUT2D eigenvalue weighted by Crippen LogP contribution is 2.34. The van der Waals surface area contributed by atoms with Crippen LogP contribution in [-0.4, -0.2) is 79.3 Å². The van der Waals surface area contributed by atoms with Crippen molar-refractivity contribution in [1.82, 2.24) is 9.80 Å². The van der Waals surface area contributed by atoms with E-state index < -0.39 is 4.92 Å². The number of nitro groups is 1. The van der Waals surface area contributed by atoms with Gasteiger partial charge < -0.3 is 9.64 Å². The average molecular weight is 397 g/mol. The minimum atomic E-state index is -0.398. The SMILES string of the molecule is Cc1cc([N+](=O)[O-])cc(Cl)c1N1CCN(CC2CN(C(C)C)CCO2)CC1. The number of nitro benzene ring substituents is 1. The molecule has 2 aliphatic rings. The van der Waals surface area contributed by atoms with E-state index in [1.807, 2.05) is 6.92 Å². The Morgan fingerprint density at radius 2 is 1.96 bits per heavy atom. The molecule has 2 heterocycles. The van der Waals surface area contributed by atoms with Crippen LogP contribution in [0.3, 0.4) is 0 Å². The van der Waals surface area contributed by atoms with Gasteiger partial charge in [0.1, 0.15) is 0 Å². The molecule has 27 heavy (non-hydrogen) atoms. The molecule has 1 unspecified atom stereocenters. The second-order valence-corrected chi connectivity index (χ2v) is 8.13. The first kappa shape index (κ1) is 20.3. The monoisotopic (exact) mass is 396 g/mol. The van der Waals surface area contributed by atoms with E-state index in [2.05, 4.69) is 28.5 Å². The Morgan fingerprint density at radius 3 is 2.56 bits per heavy atom. The molecule has 0 spiro atoms. The standard InChI is InChI=1S/C19H29ClN4O3/c1-14(2)23-8-9-27-17(13-23)12-21-4-6-22(7-5-21)19-15(3)10-16(24(25)26)11-18(19)20/h10-11,14,17H,4-9,12-13H2,1-3H3. The highest BCUT2D eigenvalue weighted by molar-refractivity contribution is 6.33. The fourth-order valence-electron chi connectivity index (χ4n) is 3.99. The Hall–Kier alpha value is -1.41. The molecule has 2 aliphatic heterocycles. The van der Waals surface area contributed by atoms with Gasteiger partial charge in [0.2, 0.25) is 0 Å². The molecule has 1 aromatic rings. The quantitative estimate of drug-likeness (QED) is 0.563. The summed E-state index contributed by atoms with van der Waals surface area (Å²) in [5.41, 5.74) is 1.82. The van der Waals surface area contributed by atoms with Gasteiger partial charge in [-0.25, -0.2) is 0 Å². The van der Waals surface area contributed by atoms with Crippen LogP contribution >= 0.6 is 11.6 Å². The lowest BCUT2D eigenvalue weighted by Gasteiger charge is -2.41. The normalized spacial score (nSPS) is 22.4. The van der Waals surface area contributed by atoms with E-state index in [1.54, 1.807) is 6.07 Å². The van der Waals surface area contributed by atoms with Crippen LogP contribution in [0.15, 0.2) is 12.1 Å². The third-order valence-electron chi connectivity index (χ3n) is 5.50. The van der Waals surface area contributed by atoms with Crippen molar-refractivity contribution in [3.05, 3.63) is 32.8 Å². The van der Waals surface area contributed by atoms with Crippen LogP contribution in [0.2, 0.25) is 5.02 Å². The number of rotatable bonds is 5. The van der Waals surface area contributed by atoms with Crippen LogP contribution in [0, 0.1) is 17.0 Å². The maximum Gasteiger partial charge on any atom is 0.271 e. The van der Waals surface area contributed by atoms with E-state index in [9.17, 15) is 10.1 Å². The Bertz CT molecular complexity index is 654. The largest absolute Gasteiger partial charge is 0.374 e. The summed E-state index contributed by atoms with van der Waals surface area (Å²) in [6, 6.07) is 3.61. The summed E-state index contributed by atoms with van der Waals surface area (Å²) in [5.74, 6) is 0. The molecule has 0 N–H and O–H groups in total. The second kappa shape index (κ2) is 8.73. The van der Waals surface area contributed by atoms with Crippen LogP contribution in [-0.2, 0) is 4.74 Å². The summed E-state index contributed by atoms with van der Waals surface area (Å²) in [6.07, 6.45) is 0.261. The maximum atomic E-state index is 11.0. The van der Waals surface area contributed by atoms with E-state index in [1.165, 1.54) is 6.07 Å². The van der Waals surface area contributed by atoms with Crippen LogP contribution < -0.4 is 4.90 Å². The van der Waals surface area contributed by atoms with Crippen molar-refractivity contribution in [2.24, 2.45) is 0 Å². The summed E-state index contributed by atoms with van der Waals surface area (Å²) < 4.78 is 5.96. The summed E-state index contributed by atoms with van der Waals surface area (Å²) in [6.45, 7) is 13.7. The Labute approximate surface area is 166 Å². The number of non-ortho nitro benzene ring substituents is 1. The van der Waals surface area contributed by atoms with Gasteiger partial charge >= 0.3 is 0 Å². The van der Waals surface area contributed by atoms with Crippen molar-refractivity contribution in [2.75, 3.05) is 57.3 Å². The van der Waals surface area contributed by atoms with Gasteiger partial charge in [0.15, 0.2) is 0 Å². The first-order valence-corrected chi connectivity index (χ1v) is 10.0. The van der Waals surface area contributed by atoms with Crippen LogP contribution in [0.1, 0.15) is 19.4 Å².